The first-order chi connectivity index (χ1) is 14.6. The van der Waals surface area contributed by atoms with Crippen LogP contribution in [0.2, 0.25) is 0 Å². The van der Waals surface area contributed by atoms with Gasteiger partial charge in [-0.25, -0.2) is 0 Å². The lowest BCUT2D eigenvalue weighted by Crippen LogP contribution is -2.27. The van der Waals surface area contributed by atoms with E-state index >= 15 is 0 Å². The number of benzene rings is 2. The molecule has 1 aliphatic rings. The second kappa shape index (κ2) is 9.57. The fourth-order valence-electron chi connectivity index (χ4n) is 4.21. The van der Waals surface area contributed by atoms with E-state index in [1.165, 1.54) is 17.5 Å². The van der Waals surface area contributed by atoms with Crippen molar-refractivity contribution in [1.82, 2.24) is 15.2 Å². The summed E-state index contributed by atoms with van der Waals surface area (Å²) in [6, 6.07) is 16.0. The monoisotopic (exact) mass is 424 g/mol. The normalized spacial score (nSPS) is 16.9. The second-order valence-electron chi connectivity index (χ2n) is 8.00. The highest BCUT2D eigenvalue weighted by atomic mass is 32.2. The Labute approximate surface area is 178 Å². The van der Waals surface area contributed by atoms with Crippen LogP contribution < -0.4 is 11.1 Å². The van der Waals surface area contributed by atoms with Crippen molar-refractivity contribution in [2.24, 2.45) is 11.7 Å². The largest absolute Gasteiger partial charge is 0.361 e. The fraction of sp³-hybridized carbons (Fsp3) is 0.348. The van der Waals surface area contributed by atoms with Crippen molar-refractivity contribution in [2.75, 3.05) is 26.2 Å². The van der Waals surface area contributed by atoms with E-state index in [-0.39, 0.29) is 4.99 Å². The molecule has 1 fully saturated rings. The lowest BCUT2D eigenvalue weighted by molar-refractivity contribution is 0.326. The van der Waals surface area contributed by atoms with Gasteiger partial charge in [0.15, 0.2) is 0 Å². The summed E-state index contributed by atoms with van der Waals surface area (Å²) in [4.78, 5) is 5.68. The minimum Gasteiger partial charge on any atom is -0.361 e. The molecule has 4 rings (SSSR count). The molecule has 6 nitrogen and oxygen atoms in total. The molecule has 4 N–H and O–H groups in total. The van der Waals surface area contributed by atoms with Gasteiger partial charge >= 0.3 is 0 Å². The Morgan fingerprint density at radius 2 is 2.03 bits per heavy atom. The van der Waals surface area contributed by atoms with E-state index in [0.29, 0.717) is 11.5 Å². The molecule has 0 spiro atoms. The summed E-state index contributed by atoms with van der Waals surface area (Å²) < 4.78 is 22.3. The van der Waals surface area contributed by atoms with Crippen LogP contribution in [0.3, 0.4) is 0 Å². The van der Waals surface area contributed by atoms with Gasteiger partial charge in [-0.15, -0.1) is 0 Å². The molecule has 0 aliphatic carbocycles. The van der Waals surface area contributed by atoms with Crippen LogP contribution in [0.5, 0.6) is 0 Å². The van der Waals surface area contributed by atoms with Crippen molar-refractivity contribution in [3.05, 3.63) is 71.4 Å². The van der Waals surface area contributed by atoms with Crippen molar-refractivity contribution in [3.8, 4) is 0 Å². The number of aromatic nitrogens is 1. The zero-order chi connectivity index (χ0) is 20.9. The van der Waals surface area contributed by atoms with Gasteiger partial charge in [0, 0.05) is 42.3 Å². The van der Waals surface area contributed by atoms with E-state index in [1.54, 1.807) is 6.07 Å². The molecule has 30 heavy (non-hydrogen) atoms. The molecule has 0 bridgehead atoms. The van der Waals surface area contributed by atoms with E-state index in [0.717, 1.165) is 50.0 Å². The van der Waals surface area contributed by atoms with Crippen LogP contribution >= 0.6 is 0 Å². The predicted molar refractivity (Wildman–Crippen MR) is 122 cm³/mol. The van der Waals surface area contributed by atoms with Crippen molar-refractivity contribution in [2.45, 2.75) is 19.4 Å². The number of likely N-dealkylation sites (tertiary alicyclic amines) is 1. The minimum atomic E-state index is -2.40. The Hall–Kier alpha value is -2.45. The van der Waals surface area contributed by atoms with Crippen LogP contribution in [0.4, 0.5) is 0 Å². The maximum atomic E-state index is 11.2. The standard InChI is InChI=1S/C23H28N4O2S/c24-23(30(28)29)19-6-7-22-21(12-19)20(15-26-22)9-11-27-10-8-18(16-27)14-25-13-17-4-2-1-3-5-17/h1-7,12,15,18,25-26H,8-11,13-14,16,24H2/t18-/m0/s1. The van der Waals surface area contributed by atoms with Crippen LogP contribution in [-0.4, -0.2) is 49.5 Å². The van der Waals surface area contributed by atoms with Crippen LogP contribution in [-0.2, 0) is 23.3 Å². The lowest BCUT2D eigenvalue weighted by atomic mass is 10.1. The molecule has 0 amide bonds. The third-order valence-corrected chi connectivity index (χ3v) is 6.50. The summed E-state index contributed by atoms with van der Waals surface area (Å²) in [5.41, 5.74) is 9.76. The number of nitrogens with zero attached hydrogens (tertiary/aromatic N) is 1. The van der Waals surface area contributed by atoms with Crippen molar-refractivity contribution < 1.29 is 8.42 Å². The first kappa shape index (κ1) is 20.8. The molecule has 0 saturated carbocycles. The van der Waals surface area contributed by atoms with E-state index in [4.69, 9.17) is 5.73 Å². The summed E-state index contributed by atoms with van der Waals surface area (Å²) in [7, 11) is -2.40. The third-order valence-electron chi connectivity index (χ3n) is 5.90. The smallest absolute Gasteiger partial charge is 0.232 e. The van der Waals surface area contributed by atoms with E-state index in [2.05, 4.69) is 39.5 Å². The van der Waals surface area contributed by atoms with Gasteiger partial charge in [-0.2, -0.15) is 8.42 Å². The Balaban J connectivity index is 1.30. The van der Waals surface area contributed by atoms with Gasteiger partial charge in [0.1, 0.15) is 4.99 Å². The van der Waals surface area contributed by atoms with E-state index in [9.17, 15) is 8.42 Å². The summed E-state index contributed by atoms with van der Waals surface area (Å²) in [5.74, 6) is 0.685. The van der Waals surface area contributed by atoms with Crippen molar-refractivity contribution in [1.29, 1.82) is 0 Å². The summed E-state index contributed by atoms with van der Waals surface area (Å²) >= 11 is 0. The lowest BCUT2D eigenvalue weighted by Gasteiger charge is -2.16. The quantitative estimate of drug-likeness (QED) is 0.482. The van der Waals surface area contributed by atoms with Gasteiger partial charge < -0.3 is 15.2 Å². The van der Waals surface area contributed by atoms with Gasteiger partial charge in [-0.3, -0.25) is 5.73 Å². The number of nitrogens with one attached hydrogen (secondary N) is 2. The SMILES string of the molecule is NC(c1ccc2[nH]cc(CCN3CC[C@@H](CNCc4ccccc4)C3)c2c1)=S(=O)=O. The van der Waals surface area contributed by atoms with E-state index < -0.39 is 10.3 Å². The van der Waals surface area contributed by atoms with Gasteiger partial charge in [0.2, 0.25) is 10.3 Å². The van der Waals surface area contributed by atoms with Crippen molar-refractivity contribution >= 4 is 26.2 Å². The summed E-state index contributed by atoms with van der Waals surface area (Å²) in [6.07, 6.45) is 4.17. The third kappa shape index (κ3) is 4.99. The molecule has 0 unspecified atom stereocenters. The highest BCUT2D eigenvalue weighted by Gasteiger charge is 2.22. The molecule has 1 aliphatic heterocycles. The topological polar surface area (TPSA) is 91.2 Å². The average Bonchev–Trinajstić information content (AvgIpc) is 3.38. The number of aromatic amines is 1. The first-order valence-corrected chi connectivity index (χ1v) is 11.5. The highest BCUT2D eigenvalue weighted by molar-refractivity contribution is 7.73. The van der Waals surface area contributed by atoms with Gasteiger partial charge in [0.05, 0.1) is 0 Å². The van der Waals surface area contributed by atoms with Gasteiger partial charge in [0.25, 0.3) is 0 Å². The van der Waals surface area contributed by atoms with Crippen molar-refractivity contribution in [3.63, 3.8) is 0 Å². The molecular weight excluding hydrogens is 396 g/mol. The minimum absolute atomic E-state index is 0.116. The maximum absolute atomic E-state index is 11.2. The van der Waals surface area contributed by atoms with Gasteiger partial charge in [-0.05, 0) is 55.1 Å². The van der Waals surface area contributed by atoms with Crippen LogP contribution in [0.15, 0.2) is 54.7 Å². The summed E-state index contributed by atoms with van der Waals surface area (Å²) in [6.45, 7) is 5.21. The molecule has 0 radical (unpaired) electrons. The fourth-order valence-corrected chi connectivity index (χ4v) is 4.53. The molecular formula is C23H28N4O2S. The Morgan fingerprint density at radius 1 is 1.20 bits per heavy atom. The summed E-state index contributed by atoms with van der Waals surface area (Å²) in [5, 5.41) is 4.63. The Kier molecular flexibility index (Phi) is 6.64. The maximum Gasteiger partial charge on any atom is 0.232 e. The predicted octanol–water partition coefficient (Wildman–Crippen LogP) is 2.14. The van der Waals surface area contributed by atoms with Crippen LogP contribution in [0, 0.1) is 5.92 Å². The van der Waals surface area contributed by atoms with E-state index in [1.807, 2.05) is 24.4 Å². The highest BCUT2D eigenvalue weighted by Crippen LogP contribution is 2.22. The average molecular weight is 425 g/mol. The molecule has 1 atom stereocenters. The molecule has 3 aromatic rings. The number of rotatable bonds is 8. The zero-order valence-corrected chi connectivity index (χ0v) is 17.8. The number of H-pyrrole nitrogens is 1. The molecule has 2 aromatic carbocycles. The number of hydrogen-bond acceptors (Lipinski definition) is 4. The number of fused-ring (bicyclic) bond motifs is 1. The van der Waals surface area contributed by atoms with Gasteiger partial charge in [-0.1, -0.05) is 36.4 Å². The first-order valence-electron chi connectivity index (χ1n) is 10.4. The number of hydrogen-bond donors (Lipinski definition) is 3. The zero-order valence-electron chi connectivity index (χ0n) is 17.0. The van der Waals surface area contributed by atoms with Crippen LogP contribution in [0.25, 0.3) is 10.9 Å². The molecule has 1 saturated heterocycles. The number of nitrogens with two attached hydrogens (primary N) is 1. The Bertz CT molecular complexity index is 1130. The second-order valence-corrected chi connectivity index (χ2v) is 8.90. The Morgan fingerprint density at radius 3 is 2.83 bits per heavy atom. The molecule has 7 heteroatoms. The molecule has 158 valence electrons. The molecule has 2 heterocycles. The van der Waals surface area contributed by atoms with Crippen LogP contribution in [0.1, 0.15) is 23.1 Å². The molecule has 1 aromatic heterocycles.